The molecular weight excluding hydrogens is 841 g/mol. The Hall–Kier alpha value is -3.67. The average molecular weight is 946 g/mol. The highest BCUT2D eigenvalue weighted by Crippen LogP contribution is 2.15. The van der Waals surface area contributed by atoms with Crippen molar-refractivity contribution in [2.75, 3.05) is 13.2 Å². The summed E-state index contributed by atoms with van der Waals surface area (Å²) in [6.45, 7) is 6.46. The van der Waals surface area contributed by atoms with E-state index in [1.807, 2.05) is 0 Å². The lowest BCUT2D eigenvalue weighted by Crippen LogP contribution is -2.30. The first-order valence-corrected chi connectivity index (χ1v) is 28.2. The van der Waals surface area contributed by atoms with E-state index in [-0.39, 0.29) is 31.1 Å². The highest BCUT2D eigenvalue weighted by molar-refractivity contribution is 5.71. The molecular formula is C62H104O6. The number of carbonyl (C=O) groups excluding carboxylic acids is 3. The third-order valence-corrected chi connectivity index (χ3v) is 11.8. The fourth-order valence-corrected chi connectivity index (χ4v) is 7.59. The van der Waals surface area contributed by atoms with Gasteiger partial charge in [-0.25, -0.2) is 0 Å². The quantitative estimate of drug-likeness (QED) is 0.0262. The molecule has 0 bridgehead atoms. The van der Waals surface area contributed by atoms with Gasteiger partial charge in [0.25, 0.3) is 0 Å². The molecule has 0 aromatic rings. The van der Waals surface area contributed by atoms with Gasteiger partial charge in [-0.05, 0) is 103 Å². The molecule has 0 rings (SSSR count). The molecule has 0 unspecified atom stereocenters. The van der Waals surface area contributed by atoms with Crippen LogP contribution in [0.2, 0.25) is 0 Å². The Kier molecular flexibility index (Phi) is 52.9. The normalized spacial score (nSPS) is 12.8. The van der Waals surface area contributed by atoms with Gasteiger partial charge in [0.2, 0.25) is 0 Å². The number of esters is 3. The predicted molar refractivity (Wildman–Crippen MR) is 293 cm³/mol. The van der Waals surface area contributed by atoms with Crippen molar-refractivity contribution in [1.29, 1.82) is 0 Å². The third-order valence-electron chi connectivity index (χ3n) is 11.8. The molecule has 0 aliphatic heterocycles. The number of ether oxygens (including phenoxy) is 3. The van der Waals surface area contributed by atoms with Crippen LogP contribution in [0.3, 0.4) is 0 Å². The van der Waals surface area contributed by atoms with Crippen LogP contribution in [0.15, 0.2) is 97.2 Å². The van der Waals surface area contributed by atoms with Crippen molar-refractivity contribution in [3.63, 3.8) is 0 Å². The van der Waals surface area contributed by atoms with Gasteiger partial charge in [0.05, 0.1) is 0 Å². The maximum Gasteiger partial charge on any atom is 0.306 e. The standard InChI is InChI=1S/C62H104O6/c1-4-7-10-13-16-19-22-25-28-30-31-33-34-37-40-43-46-49-52-55-61(64)67-58-59(57-66-60(63)54-51-48-45-42-39-36-27-24-21-18-15-12-9-6-3)68-62(65)56-53-50-47-44-41-38-35-32-29-26-23-20-17-14-11-8-5-2/h7,10,16-17,19-20,25-26,28-29,31,33,35,37-38,40,59H,4-6,8-9,11-15,18,21-24,27,30,32,34,36,39,41-58H2,1-3H3/b10-7-,19-16-,20-17-,28-25-,29-26-,33-31-,38-35-,40-37-/t59-/m1/s1. The van der Waals surface area contributed by atoms with Crippen LogP contribution in [0.1, 0.15) is 258 Å². The highest BCUT2D eigenvalue weighted by atomic mass is 16.6. The fraction of sp³-hybridized carbons (Fsp3) is 0.694. The average Bonchev–Trinajstić information content (AvgIpc) is 3.34. The zero-order valence-corrected chi connectivity index (χ0v) is 44.3. The fourth-order valence-electron chi connectivity index (χ4n) is 7.59. The van der Waals surface area contributed by atoms with Crippen LogP contribution in [-0.4, -0.2) is 37.2 Å². The van der Waals surface area contributed by atoms with Gasteiger partial charge >= 0.3 is 17.9 Å². The predicted octanol–water partition coefficient (Wildman–Crippen LogP) is 18.9. The van der Waals surface area contributed by atoms with Gasteiger partial charge in [-0.2, -0.15) is 0 Å². The molecule has 68 heavy (non-hydrogen) atoms. The number of hydrogen-bond donors (Lipinski definition) is 0. The first kappa shape index (κ1) is 64.3. The molecule has 0 amide bonds. The molecule has 6 nitrogen and oxygen atoms in total. The Morgan fingerprint density at radius 2 is 0.574 bits per heavy atom. The van der Waals surface area contributed by atoms with Gasteiger partial charge in [-0.3, -0.25) is 14.4 Å². The van der Waals surface area contributed by atoms with Gasteiger partial charge in [0, 0.05) is 19.3 Å². The smallest absolute Gasteiger partial charge is 0.306 e. The molecule has 0 aliphatic carbocycles. The summed E-state index contributed by atoms with van der Waals surface area (Å²) < 4.78 is 16.8. The van der Waals surface area contributed by atoms with Gasteiger partial charge in [-0.15, -0.1) is 0 Å². The summed E-state index contributed by atoms with van der Waals surface area (Å²) in [7, 11) is 0. The third kappa shape index (κ3) is 53.3. The zero-order chi connectivity index (χ0) is 49.3. The summed E-state index contributed by atoms with van der Waals surface area (Å²) in [4.78, 5) is 38.1. The van der Waals surface area contributed by atoms with E-state index in [9.17, 15) is 14.4 Å². The molecule has 0 aromatic carbocycles. The second kappa shape index (κ2) is 55.9. The van der Waals surface area contributed by atoms with Crippen LogP contribution in [0.25, 0.3) is 0 Å². The van der Waals surface area contributed by atoms with E-state index in [0.717, 1.165) is 122 Å². The van der Waals surface area contributed by atoms with Crippen LogP contribution in [0, 0.1) is 0 Å². The van der Waals surface area contributed by atoms with Crippen molar-refractivity contribution in [2.24, 2.45) is 0 Å². The van der Waals surface area contributed by atoms with Crippen molar-refractivity contribution in [1.82, 2.24) is 0 Å². The minimum Gasteiger partial charge on any atom is -0.462 e. The van der Waals surface area contributed by atoms with Crippen LogP contribution in [0.4, 0.5) is 0 Å². The number of hydrogen-bond acceptors (Lipinski definition) is 6. The topological polar surface area (TPSA) is 78.9 Å². The molecule has 0 fully saturated rings. The van der Waals surface area contributed by atoms with Gasteiger partial charge in [-0.1, -0.05) is 234 Å². The maximum atomic E-state index is 12.8. The largest absolute Gasteiger partial charge is 0.462 e. The highest BCUT2D eigenvalue weighted by Gasteiger charge is 2.19. The Bertz CT molecular complexity index is 1360. The summed E-state index contributed by atoms with van der Waals surface area (Å²) in [5.74, 6) is -0.948. The van der Waals surface area contributed by atoms with E-state index in [2.05, 4.69) is 118 Å². The molecule has 1 atom stereocenters. The Labute approximate surface area is 419 Å². The van der Waals surface area contributed by atoms with E-state index < -0.39 is 6.10 Å². The first-order chi connectivity index (χ1) is 33.5. The molecule has 0 heterocycles. The first-order valence-electron chi connectivity index (χ1n) is 28.2. The lowest BCUT2D eigenvalue weighted by molar-refractivity contribution is -0.167. The molecule has 0 radical (unpaired) electrons. The van der Waals surface area contributed by atoms with Crippen molar-refractivity contribution in [3.05, 3.63) is 97.2 Å². The molecule has 0 saturated heterocycles. The lowest BCUT2D eigenvalue weighted by atomic mass is 10.0. The SMILES string of the molecule is CC/C=C\C/C=C\C/C=C\C/C=C\C/C=C\CCCCCC(=O)OC[C@@H](COC(=O)CCCCCCCCCCCCCCCC)OC(=O)CCCCCC/C=C\C/C=C\C/C=C\CCCCC. The minimum absolute atomic E-state index is 0.0963. The van der Waals surface area contributed by atoms with Crippen LogP contribution in [-0.2, 0) is 28.6 Å². The number of rotatable bonds is 50. The van der Waals surface area contributed by atoms with Gasteiger partial charge < -0.3 is 14.2 Å². The van der Waals surface area contributed by atoms with E-state index in [4.69, 9.17) is 14.2 Å². The zero-order valence-electron chi connectivity index (χ0n) is 44.3. The minimum atomic E-state index is -0.803. The second-order valence-corrected chi connectivity index (χ2v) is 18.5. The van der Waals surface area contributed by atoms with Gasteiger partial charge in [0.15, 0.2) is 6.10 Å². The van der Waals surface area contributed by atoms with Gasteiger partial charge in [0.1, 0.15) is 13.2 Å². The molecule has 0 spiro atoms. The lowest BCUT2D eigenvalue weighted by Gasteiger charge is -2.18. The molecule has 0 saturated carbocycles. The summed E-state index contributed by atoms with van der Waals surface area (Å²) >= 11 is 0. The van der Waals surface area contributed by atoms with Crippen molar-refractivity contribution in [2.45, 2.75) is 264 Å². The van der Waals surface area contributed by atoms with Crippen molar-refractivity contribution in [3.8, 4) is 0 Å². The second-order valence-electron chi connectivity index (χ2n) is 18.5. The molecule has 0 aliphatic rings. The maximum absolute atomic E-state index is 12.8. The Morgan fingerprint density at radius 3 is 0.941 bits per heavy atom. The molecule has 0 N–H and O–H groups in total. The van der Waals surface area contributed by atoms with Crippen LogP contribution in [0.5, 0.6) is 0 Å². The monoisotopic (exact) mass is 945 g/mol. The number of allylic oxidation sites excluding steroid dienone is 16. The summed E-state index contributed by atoms with van der Waals surface area (Å²) in [6.07, 6.45) is 73.9. The summed E-state index contributed by atoms with van der Waals surface area (Å²) in [5.41, 5.74) is 0. The summed E-state index contributed by atoms with van der Waals surface area (Å²) in [5, 5.41) is 0. The van der Waals surface area contributed by atoms with Crippen molar-refractivity contribution < 1.29 is 28.6 Å². The Morgan fingerprint density at radius 1 is 0.309 bits per heavy atom. The van der Waals surface area contributed by atoms with Crippen LogP contribution < -0.4 is 0 Å². The summed E-state index contributed by atoms with van der Waals surface area (Å²) in [6, 6.07) is 0. The number of carbonyl (C=O) groups is 3. The molecule has 388 valence electrons. The number of unbranched alkanes of at least 4 members (excludes halogenated alkanes) is 23. The Balaban J connectivity index is 4.49. The molecule has 6 heteroatoms. The molecule has 0 aromatic heterocycles. The van der Waals surface area contributed by atoms with E-state index in [1.54, 1.807) is 0 Å². The van der Waals surface area contributed by atoms with E-state index in [0.29, 0.717) is 19.3 Å². The van der Waals surface area contributed by atoms with E-state index >= 15 is 0 Å². The van der Waals surface area contributed by atoms with E-state index in [1.165, 1.54) is 96.3 Å². The van der Waals surface area contributed by atoms with Crippen molar-refractivity contribution >= 4 is 17.9 Å². The van der Waals surface area contributed by atoms with Crippen LogP contribution >= 0.6 is 0 Å².